The number of nitrogens with zero attached hydrogens (tertiary/aromatic N) is 2. The van der Waals surface area contributed by atoms with E-state index < -0.39 is 0 Å². The molecule has 0 N–H and O–H groups in total. The van der Waals surface area contributed by atoms with Crippen LogP contribution in [0.3, 0.4) is 0 Å². The molecule has 1 saturated heterocycles. The minimum Gasteiger partial charge on any atom is -0.366 e. The van der Waals surface area contributed by atoms with Gasteiger partial charge < -0.3 is 9.80 Å². The maximum atomic E-state index is 2.70. The van der Waals surface area contributed by atoms with E-state index in [0.717, 1.165) is 6.04 Å². The molecule has 2 heteroatoms. The molecule has 3 rings (SSSR count). The molecule has 2 aliphatic heterocycles. The highest BCUT2D eigenvalue weighted by Crippen LogP contribution is 2.41. The molecule has 2 aliphatic rings. The summed E-state index contributed by atoms with van der Waals surface area (Å²) in [6, 6.07) is 0.735. The van der Waals surface area contributed by atoms with Crippen LogP contribution in [0.15, 0.2) is 0 Å². The number of rotatable bonds is 0. The number of likely N-dealkylation sites (N-methyl/N-ethyl adjacent to an activating group) is 1. The van der Waals surface area contributed by atoms with Crippen molar-refractivity contribution in [3.05, 3.63) is 27.8 Å². The molecule has 2 nitrogen and oxygen atoms in total. The molecular weight excluding hydrogens is 232 g/mol. The minimum atomic E-state index is 0.735. The lowest BCUT2D eigenvalue weighted by atomic mass is 9.92. The van der Waals surface area contributed by atoms with E-state index in [9.17, 15) is 0 Å². The molecule has 1 unspecified atom stereocenters. The lowest BCUT2D eigenvalue weighted by Crippen LogP contribution is -2.33. The summed E-state index contributed by atoms with van der Waals surface area (Å²) in [4.78, 5) is 5.18. The van der Waals surface area contributed by atoms with E-state index >= 15 is 0 Å². The Morgan fingerprint density at radius 2 is 1.53 bits per heavy atom. The van der Waals surface area contributed by atoms with Crippen molar-refractivity contribution >= 4 is 5.69 Å². The van der Waals surface area contributed by atoms with Gasteiger partial charge in [-0.15, -0.1) is 0 Å². The highest BCUT2D eigenvalue weighted by atomic mass is 15.2. The van der Waals surface area contributed by atoms with E-state index in [0.29, 0.717) is 0 Å². The second-order valence-electron chi connectivity index (χ2n) is 6.47. The number of anilines is 1. The standard InChI is InChI=1S/C17H26N2/c1-11-12(2)14(4)17-16(13(11)3)10-15-6-7-18(5)8-9-19(15)17/h15H,6-10H2,1-5H3. The highest BCUT2D eigenvalue weighted by Gasteiger charge is 2.34. The van der Waals surface area contributed by atoms with Crippen LogP contribution in [-0.2, 0) is 6.42 Å². The average Bonchev–Trinajstić information content (AvgIpc) is 2.67. The van der Waals surface area contributed by atoms with Crippen molar-refractivity contribution in [1.82, 2.24) is 4.90 Å². The van der Waals surface area contributed by atoms with Crippen LogP contribution < -0.4 is 4.90 Å². The second-order valence-corrected chi connectivity index (χ2v) is 6.47. The molecule has 1 aromatic rings. The van der Waals surface area contributed by atoms with Crippen LogP contribution in [0.2, 0.25) is 0 Å². The Morgan fingerprint density at radius 1 is 0.842 bits per heavy atom. The third-order valence-electron chi connectivity index (χ3n) is 5.52. The molecule has 0 radical (unpaired) electrons. The van der Waals surface area contributed by atoms with Crippen molar-refractivity contribution in [3.63, 3.8) is 0 Å². The molecule has 0 aromatic heterocycles. The smallest absolute Gasteiger partial charge is 0.0437 e. The van der Waals surface area contributed by atoms with E-state index in [1.165, 1.54) is 49.2 Å². The fourth-order valence-electron chi connectivity index (χ4n) is 3.85. The van der Waals surface area contributed by atoms with Gasteiger partial charge in [0.05, 0.1) is 0 Å². The zero-order valence-electron chi connectivity index (χ0n) is 13.0. The molecule has 104 valence electrons. The Morgan fingerprint density at radius 3 is 2.26 bits per heavy atom. The fourth-order valence-corrected chi connectivity index (χ4v) is 3.85. The Hall–Kier alpha value is -1.02. The van der Waals surface area contributed by atoms with Gasteiger partial charge in [0, 0.05) is 24.8 Å². The molecule has 1 aromatic carbocycles. The Bertz CT molecular complexity index is 519. The van der Waals surface area contributed by atoms with Crippen molar-refractivity contribution in [3.8, 4) is 0 Å². The monoisotopic (exact) mass is 258 g/mol. The average molecular weight is 258 g/mol. The summed E-state index contributed by atoms with van der Waals surface area (Å²) in [5.41, 5.74) is 9.27. The van der Waals surface area contributed by atoms with Gasteiger partial charge in [-0.1, -0.05) is 0 Å². The number of hydrogen-bond donors (Lipinski definition) is 0. The third-order valence-corrected chi connectivity index (χ3v) is 5.52. The van der Waals surface area contributed by atoms with E-state index in [2.05, 4.69) is 44.5 Å². The number of hydrogen-bond acceptors (Lipinski definition) is 2. The van der Waals surface area contributed by atoms with Gasteiger partial charge in [0.15, 0.2) is 0 Å². The first-order valence-corrected chi connectivity index (χ1v) is 7.55. The summed E-state index contributed by atoms with van der Waals surface area (Å²) in [6.45, 7) is 12.8. The Labute approximate surface area is 117 Å². The Balaban J connectivity index is 2.10. The first kappa shape index (κ1) is 13.0. The number of benzene rings is 1. The summed E-state index contributed by atoms with van der Waals surface area (Å²) in [5, 5.41) is 0. The fraction of sp³-hybridized carbons (Fsp3) is 0.647. The van der Waals surface area contributed by atoms with Gasteiger partial charge in [-0.05, 0) is 81.9 Å². The van der Waals surface area contributed by atoms with Crippen molar-refractivity contribution in [2.45, 2.75) is 46.6 Å². The molecule has 0 amide bonds. The quantitative estimate of drug-likeness (QED) is 0.706. The van der Waals surface area contributed by atoms with Crippen molar-refractivity contribution < 1.29 is 0 Å². The van der Waals surface area contributed by atoms with E-state index in [4.69, 9.17) is 0 Å². The van der Waals surface area contributed by atoms with Gasteiger partial charge in [-0.25, -0.2) is 0 Å². The zero-order valence-corrected chi connectivity index (χ0v) is 13.0. The maximum absolute atomic E-state index is 2.70. The molecule has 0 spiro atoms. The summed E-state index contributed by atoms with van der Waals surface area (Å²) in [6.07, 6.45) is 2.57. The summed E-state index contributed by atoms with van der Waals surface area (Å²) < 4.78 is 0. The molecule has 1 atom stereocenters. The Kier molecular flexibility index (Phi) is 3.09. The summed E-state index contributed by atoms with van der Waals surface area (Å²) >= 11 is 0. The predicted octanol–water partition coefficient (Wildman–Crippen LogP) is 2.99. The lowest BCUT2D eigenvalue weighted by Gasteiger charge is -2.27. The summed E-state index contributed by atoms with van der Waals surface area (Å²) in [7, 11) is 2.25. The van der Waals surface area contributed by atoms with Crippen LogP contribution in [0.25, 0.3) is 0 Å². The summed E-state index contributed by atoms with van der Waals surface area (Å²) in [5.74, 6) is 0. The first-order valence-electron chi connectivity index (χ1n) is 7.55. The molecule has 1 fully saturated rings. The van der Waals surface area contributed by atoms with Crippen LogP contribution in [0, 0.1) is 27.7 Å². The zero-order chi connectivity index (χ0) is 13.7. The maximum Gasteiger partial charge on any atom is 0.0437 e. The SMILES string of the molecule is Cc1c(C)c(C)c2c(c1C)CC1CCN(C)CCN21. The molecule has 0 saturated carbocycles. The minimum absolute atomic E-state index is 0.735. The molecule has 0 bridgehead atoms. The molecule has 0 aliphatic carbocycles. The normalized spacial score (nSPS) is 23.2. The molecule has 19 heavy (non-hydrogen) atoms. The predicted molar refractivity (Wildman–Crippen MR) is 82.3 cm³/mol. The van der Waals surface area contributed by atoms with Crippen LogP contribution in [0.5, 0.6) is 0 Å². The van der Waals surface area contributed by atoms with Crippen molar-refractivity contribution in [1.29, 1.82) is 0 Å². The van der Waals surface area contributed by atoms with Gasteiger partial charge in [0.2, 0.25) is 0 Å². The van der Waals surface area contributed by atoms with Crippen LogP contribution in [-0.4, -0.2) is 37.6 Å². The van der Waals surface area contributed by atoms with Gasteiger partial charge >= 0.3 is 0 Å². The van der Waals surface area contributed by atoms with Gasteiger partial charge in [-0.2, -0.15) is 0 Å². The topological polar surface area (TPSA) is 6.48 Å². The van der Waals surface area contributed by atoms with E-state index in [-0.39, 0.29) is 0 Å². The van der Waals surface area contributed by atoms with Gasteiger partial charge in [0.25, 0.3) is 0 Å². The molecular formula is C17H26N2. The van der Waals surface area contributed by atoms with Crippen LogP contribution in [0.4, 0.5) is 5.69 Å². The largest absolute Gasteiger partial charge is 0.366 e. The van der Waals surface area contributed by atoms with Gasteiger partial charge in [-0.3, -0.25) is 0 Å². The lowest BCUT2D eigenvalue weighted by molar-refractivity contribution is 0.354. The molecule has 2 heterocycles. The van der Waals surface area contributed by atoms with E-state index in [1.54, 1.807) is 16.8 Å². The first-order chi connectivity index (χ1) is 9.00. The van der Waals surface area contributed by atoms with Gasteiger partial charge in [0.1, 0.15) is 0 Å². The van der Waals surface area contributed by atoms with Crippen molar-refractivity contribution in [2.24, 2.45) is 0 Å². The highest BCUT2D eigenvalue weighted by molar-refractivity contribution is 5.70. The second kappa shape index (κ2) is 4.52. The van der Waals surface area contributed by atoms with E-state index in [1.807, 2.05) is 0 Å². The van der Waals surface area contributed by atoms with Crippen LogP contribution >= 0.6 is 0 Å². The van der Waals surface area contributed by atoms with Crippen molar-refractivity contribution in [2.75, 3.05) is 31.6 Å². The van der Waals surface area contributed by atoms with Crippen LogP contribution in [0.1, 0.15) is 34.2 Å². The number of fused-ring (bicyclic) bond motifs is 3. The third kappa shape index (κ3) is 1.88.